The van der Waals surface area contributed by atoms with Gasteiger partial charge in [-0.25, -0.2) is 19.0 Å². The Bertz CT molecular complexity index is 1210. The van der Waals surface area contributed by atoms with E-state index in [9.17, 15) is 9.00 Å². The molecule has 1 saturated carbocycles. The molecular weight excluding hydrogens is 402 g/mol. The molecule has 0 bridgehead atoms. The van der Waals surface area contributed by atoms with Crippen LogP contribution in [0.5, 0.6) is 5.75 Å². The van der Waals surface area contributed by atoms with Crippen LogP contribution in [0.4, 0.5) is 16.3 Å². The molecule has 3 N–H and O–H groups in total. The molecule has 1 aromatic heterocycles. The van der Waals surface area contributed by atoms with Crippen LogP contribution in [0.2, 0.25) is 0 Å². The molecule has 0 spiro atoms. The van der Waals surface area contributed by atoms with Gasteiger partial charge in [-0.1, -0.05) is 18.9 Å². The van der Waals surface area contributed by atoms with Gasteiger partial charge >= 0.3 is 6.03 Å². The number of carbonyl (C=O) groups is 1. The van der Waals surface area contributed by atoms with Crippen LogP contribution in [-0.2, 0) is 9.73 Å². The van der Waals surface area contributed by atoms with Crippen LogP contribution in [0, 0.1) is 0 Å². The lowest BCUT2D eigenvalue weighted by molar-refractivity contribution is 0.259. The van der Waals surface area contributed by atoms with Crippen LogP contribution in [-0.4, -0.2) is 32.6 Å². The van der Waals surface area contributed by atoms with Crippen LogP contribution in [0.15, 0.2) is 58.1 Å². The van der Waals surface area contributed by atoms with Crippen molar-refractivity contribution in [2.45, 2.75) is 35.8 Å². The summed E-state index contributed by atoms with van der Waals surface area (Å²) in [4.78, 5) is 20.4. The van der Waals surface area contributed by atoms with Crippen molar-refractivity contribution in [3.8, 4) is 5.75 Å². The number of nitrogens with one attached hydrogen (secondary N) is 1. The number of ether oxygens (including phenoxy) is 1. The van der Waals surface area contributed by atoms with Gasteiger partial charge in [-0.15, -0.1) is 0 Å². The highest BCUT2D eigenvalue weighted by Gasteiger charge is 2.29. The van der Waals surface area contributed by atoms with Gasteiger partial charge in [0.05, 0.1) is 27.3 Å². The van der Waals surface area contributed by atoms with Gasteiger partial charge in [-0.05, 0) is 43.2 Å². The summed E-state index contributed by atoms with van der Waals surface area (Å²) in [6.07, 6.45) is 5.09. The third kappa shape index (κ3) is 3.93. The van der Waals surface area contributed by atoms with Crippen LogP contribution < -0.4 is 15.8 Å². The number of urea groups is 1. The molecule has 4 rings (SSSR count). The first kappa shape index (κ1) is 20.1. The number of amides is 2. The Kier molecular flexibility index (Phi) is 5.54. The molecule has 1 aliphatic carbocycles. The molecule has 30 heavy (non-hydrogen) atoms. The topological polar surface area (TPSA) is 120 Å². The molecule has 0 radical (unpaired) electrons. The van der Waals surface area contributed by atoms with Gasteiger partial charge < -0.3 is 15.8 Å². The normalized spacial score (nSPS) is 16.2. The third-order valence-electron chi connectivity index (χ3n) is 5.24. The zero-order valence-corrected chi connectivity index (χ0v) is 17.4. The first-order valence-corrected chi connectivity index (χ1v) is 11.3. The van der Waals surface area contributed by atoms with Gasteiger partial charge in [0.25, 0.3) is 0 Å². The Balaban J connectivity index is 1.90. The van der Waals surface area contributed by atoms with Gasteiger partial charge in [0.1, 0.15) is 12.1 Å². The minimum Gasteiger partial charge on any atom is -0.497 e. The molecule has 156 valence electrons. The van der Waals surface area contributed by atoms with Crippen molar-refractivity contribution in [2.24, 2.45) is 10.1 Å². The first-order valence-electron chi connectivity index (χ1n) is 9.71. The third-order valence-corrected chi connectivity index (χ3v) is 7.99. The second-order valence-electron chi connectivity index (χ2n) is 7.16. The molecule has 2 aromatic carbocycles. The van der Waals surface area contributed by atoms with Crippen molar-refractivity contribution >= 4 is 38.2 Å². The number of nitrogens with zero attached hydrogens (tertiary/aromatic N) is 3. The van der Waals surface area contributed by atoms with Crippen molar-refractivity contribution in [3.05, 3.63) is 48.8 Å². The van der Waals surface area contributed by atoms with Crippen molar-refractivity contribution in [1.29, 1.82) is 0 Å². The lowest BCUT2D eigenvalue weighted by Gasteiger charge is -2.18. The molecule has 3 aromatic rings. The summed E-state index contributed by atoms with van der Waals surface area (Å²) >= 11 is 0. The fourth-order valence-corrected chi connectivity index (χ4v) is 6.36. The molecule has 0 aliphatic heterocycles. The highest BCUT2D eigenvalue weighted by Crippen LogP contribution is 2.36. The van der Waals surface area contributed by atoms with E-state index < -0.39 is 15.8 Å². The molecule has 1 fully saturated rings. The van der Waals surface area contributed by atoms with E-state index in [1.807, 2.05) is 6.07 Å². The number of aromatic nitrogens is 2. The molecule has 8 nitrogen and oxygen atoms in total. The second kappa shape index (κ2) is 8.27. The lowest BCUT2D eigenvalue weighted by Crippen LogP contribution is -2.20. The Morgan fingerprint density at radius 3 is 2.73 bits per heavy atom. The van der Waals surface area contributed by atoms with Crippen LogP contribution in [0.1, 0.15) is 25.7 Å². The van der Waals surface area contributed by atoms with Crippen molar-refractivity contribution < 1.29 is 13.7 Å². The SMILES string of the molecule is COc1ccc2c(N=S(=O)(c3cccc(NC(N)=O)c3)C3CCCC3)ncnc2c1. The summed E-state index contributed by atoms with van der Waals surface area (Å²) in [5, 5.41) is 3.16. The Morgan fingerprint density at radius 1 is 1.20 bits per heavy atom. The van der Waals surface area contributed by atoms with Gasteiger partial charge in [-0.3, -0.25) is 0 Å². The van der Waals surface area contributed by atoms with E-state index in [4.69, 9.17) is 14.8 Å². The number of benzene rings is 2. The van der Waals surface area contributed by atoms with Crippen molar-refractivity contribution in [2.75, 3.05) is 12.4 Å². The standard InChI is InChI=1S/C21H23N5O3S/c1-29-15-9-10-18-19(12-15)23-13-24-20(18)26-30(28,16-6-2-3-7-16)17-8-4-5-14(11-17)25-21(22)27/h4-5,8-13,16H,2-3,6-7H2,1H3,(H3,22,25,27). The number of nitrogens with two attached hydrogens (primary N) is 1. The zero-order chi connectivity index (χ0) is 21.1. The Hall–Kier alpha value is -3.20. The zero-order valence-electron chi connectivity index (χ0n) is 16.6. The van der Waals surface area contributed by atoms with E-state index in [0.29, 0.717) is 33.1 Å². The van der Waals surface area contributed by atoms with E-state index in [-0.39, 0.29) is 5.25 Å². The van der Waals surface area contributed by atoms with Crippen molar-refractivity contribution in [3.63, 3.8) is 0 Å². The van der Waals surface area contributed by atoms with Gasteiger partial charge in [0, 0.05) is 22.4 Å². The maximum Gasteiger partial charge on any atom is 0.316 e. The summed E-state index contributed by atoms with van der Waals surface area (Å²) in [6, 6.07) is 11.7. The van der Waals surface area contributed by atoms with E-state index in [2.05, 4.69) is 15.3 Å². The minimum absolute atomic E-state index is 0.0930. The van der Waals surface area contributed by atoms with E-state index >= 15 is 0 Å². The van der Waals surface area contributed by atoms with E-state index in [0.717, 1.165) is 25.7 Å². The number of primary amides is 1. The predicted molar refractivity (Wildman–Crippen MR) is 116 cm³/mol. The number of rotatable bonds is 5. The molecule has 9 heteroatoms. The van der Waals surface area contributed by atoms with Crippen LogP contribution in [0.3, 0.4) is 0 Å². The average Bonchev–Trinajstić information content (AvgIpc) is 3.29. The molecule has 1 heterocycles. The number of anilines is 1. The van der Waals surface area contributed by atoms with E-state index in [1.54, 1.807) is 43.5 Å². The van der Waals surface area contributed by atoms with Gasteiger partial charge in [0.2, 0.25) is 0 Å². The first-order chi connectivity index (χ1) is 14.5. The van der Waals surface area contributed by atoms with E-state index in [1.165, 1.54) is 6.33 Å². The number of fused-ring (bicyclic) bond motifs is 1. The van der Waals surface area contributed by atoms with Crippen LogP contribution >= 0.6 is 0 Å². The molecule has 1 unspecified atom stereocenters. The summed E-state index contributed by atoms with van der Waals surface area (Å²) in [7, 11) is -1.26. The number of hydrogen-bond acceptors (Lipinski definition) is 6. The van der Waals surface area contributed by atoms with Gasteiger partial charge in [0.15, 0.2) is 5.82 Å². The predicted octanol–water partition coefficient (Wildman–Crippen LogP) is 4.23. The monoisotopic (exact) mass is 425 g/mol. The second-order valence-corrected chi connectivity index (χ2v) is 9.62. The summed E-state index contributed by atoms with van der Waals surface area (Å²) in [6.45, 7) is 0. The number of methoxy groups -OCH3 is 1. The number of carbonyl (C=O) groups excluding carboxylic acids is 1. The van der Waals surface area contributed by atoms with Crippen LogP contribution in [0.25, 0.3) is 10.9 Å². The minimum atomic E-state index is -2.85. The Morgan fingerprint density at radius 2 is 2.00 bits per heavy atom. The number of hydrogen-bond donors (Lipinski definition) is 2. The highest BCUT2D eigenvalue weighted by molar-refractivity contribution is 7.94. The fraction of sp³-hybridized carbons (Fsp3) is 0.286. The molecule has 1 aliphatic rings. The molecule has 0 saturated heterocycles. The molecule has 2 amide bonds. The summed E-state index contributed by atoms with van der Waals surface area (Å²) in [5.41, 5.74) is 6.39. The highest BCUT2D eigenvalue weighted by atomic mass is 32.2. The average molecular weight is 426 g/mol. The summed E-state index contributed by atoms with van der Waals surface area (Å²) < 4.78 is 24.4. The summed E-state index contributed by atoms with van der Waals surface area (Å²) in [5.74, 6) is 1.06. The smallest absolute Gasteiger partial charge is 0.316 e. The maximum atomic E-state index is 14.4. The fourth-order valence-electron chi connectivity index (χ4n) is 3.78. The van der Waals surface area contributed by atoms with Crippen molar-refractivity contribution in [1.82, 2.24) is 9.97 Å². The Labute approximate surface area is 175 Å². The largest absolute Gasteiger partial charge is 0.497 e. The molecule has 1 atom stereocenters. The maximum absolute atomic E-state index is 14.4. The molecular formula is C21H23N5O3S. The quantitative estimate of drug-likeness (QED) is 0.634. The lowest BCUT2D eigenvalue weighted by atomic mass is 10.2. The van der Waals surface area contributed by atoms with Gasteiger partial charge in [-0.2, -0.15) is 4.36 Å².